The number of nitrogens with two attached hydrogens (primary N) is 1. The number of anilines is 1. The summed E-state index contributed by atoms with van der Waals surface area (Å²) in [6.45, 7) is 0. The SMILES string of the molecule is CN=Nc1ccc(N)c2c(O)c(N=Nc3ccccc3)c(S(=O)(=O)OC)cc12. The van der Waals surface area contributed by atoms with Gasteiger partial charge in [-0.3, -0.25) is 4.18 Å². The average molecular weight is 399 g/mol. The minimum atomic E-state index is -4.22. The molecule has 0 aliphatic rings. The van der Waals surface area contributed by atoms with Crippen molar-refractivity contribution in [1.82, 2.24) is 0 Å². The van der Waals surface area contributed by atoms with Crippen LogP contribution in [0.2, 0.25) is 0 Å². The van der Waals surface area contributed by atoms with Crippen LogP contribution in [0.3, 0.4) is 0 Å². The van der Waals surface area contributed by atoms with Gasteiger partial charge in [-0.1, -0.05) is 18.2 Å². The topological polar surface area (TPSA) is 139 Å². The lowest BCUT2D eigenvalue weighted by Crippen LogP contribution is -2.04. The Kier molecular flexibility index (Phi) is 5.34. The van der Waals surface area contributed by atoms with Crippen LogP contribution < -0.4 is 5.73 Å². The van der Waals surface area contributed by atoms with E-state index in [1.807, 2.05) is 0 Å². The number of azo groups is 2. The zero-order chi connectivity index (χ0) is 20.3. The third-order valence-electron chi connectivity index (χ3n) is 3.94. The molecule has 0 aliphatic heterocycles. The smallest absolute Gasteiger partial charge is 0.299 e. The normalized spacial score (nSPS) is 12.4. The Balaban J connectivity index is 2.38. The quantitative estimate of drug-likeness (QED) is 0.367. The second kappa shape index (κ2) is 7.71. The number of rotatable bonds is 5. The molecular weight excluding hydrogens is 382 g/mol. The molecule has 10 heteroatoms. The van der Waals surface area contributed by atoms with E-state index in [0.717, 1.165) is 7.11 Å². The Labute approximate surface area is 161 Å². The van der Waals surface area contributed by atoms with Gasteiger partial charge >= 0.3 is 0 Å². The Morgan fingerprint density at radius 2 is 1.75 bits per heavy atom. The van der Waals surface area contributed by atoms with Gasteiger partial charge < -0.3 is 10.8 Å². The first kappa shape index (κ1) is 19.4. The van der Waals surface area contributed by atoms with Crippen molar-refractivity contribution in [2.75, 3.05) is 19.9 Å². The number of hydrogen-bond donors (Lipinski definition) is 2. The number of nitrogen functional groups attached to an aromatic ring is 1. The van der Waals surface area contributed by atoms with Crippen LogP contribution in [0.1, 0.15) is 0 Å². The monoisotopic (exact) mass is 399 g/mol. The average Bonchev–Trinajstić information content (AvgIpc) is 2.69. The number of nitrogens with zero attached hydrogens (tertiary/aromatic N) is 4. The van der Waals surface area contributed by atoms with Gasteiger partial charge in [0.1, 0.15) is 10.6 Å². The first-order chi connectivity index (χ1) is 13.4. The molecule has 0 unspecified atom stereocenters. The lowest BCUT2D eigenvalue weighted by molar-refractivity contribution is 0.397. The lowest BCUT2D eigenvalue weighted by Gasteiger charge is -2.13. The van der Waals surface area contributed by atoms with Gasteiger partial charge in [0.15, 0.2) is 5.75 Å². The number of phenolic OH excluding ortho intramolecular Hbond substituents is 1. The number of phenols is 1. The van der Waals surface area contributed by atoms with E-state index in [1.165, 1.54) is 19.2 Å². The van der Waals surface area contributed by atoms with Crippen molar-refractivity contribution < 1.29 is 17.7 Å². The summed E-state index contributed by atoms with van der Waals surface area (Å²) in [7, 11) is -1.73. The number of fused-ring (bicyclic) bond motifs is 1. The molecule has 0 spiro atoms. The molecule has 0 aromatic heterocycles. The molecule has 0 heterocycles. The van der Waals surface area contributed by atoms with Gasteiger partial charge in [-0.25, -0.2) is 0 Å². The van der Waals surface area contributed by atoms with E-state index < -0.39 is 15.9 Å². The predicted octanol–water partition coefficient (Wildman–Crippen LogP) is 4.59. The van der Waals surface area contributed by atoms with E-state index in [-0.39, 0.29) is 27.0 Å². The van der Waals surface area contributed by atoms with Gasteiger partial charge in [-0.05, 0) is 30.3 Å². The Morgan fingerprint density at radius 3 is 2.39 bits per heavy atom. The second-order valence-corrected chi connectivity index (χ2v) is 7.31. The van der Waals surface area contributed by atoms with Crippen molar-refractivity contribution in [3.8, 4) is 5.75 Å². The maximum atomic E-state index is 12.5. The van der Waals surface area contributed by atoms with Crippen LogP contribution in [0, 0.1) is 0 Å². The Morgan fingerprint density at radius 1 is 1.04 bits per heavy atom. The van der Waals surface area contributed by atoms with Gasteiger partial charge in [-0.2, -0.15) is 23.8 Å². The Bertz CT molecular complexity index is 1190. The molecule has 0 atom stereocenters. The lowest BCUT2D eigenvalue weighted by atomic mass is 10.0. The molecule has 9 nitrogen and oxygen atoms in total. The molecule has 0 aliphatic carbocycles. The molecule has 0 radical (unpaired) electrons. The van der Waals surface area contributed by atoms with Crippen LogP contribution in [0.5, 0.6) is 5.75 Å². The summed E-state index contributed by atoms with van der Waals surface area (Å²) >= 11 is 0. The molecule has 3 aromatic carbocycles. The zero-order valence-electron chi connectivity index (χ0n) is 15.1. The summed E-state index contributed by atoms with van der Waals surface area (Å²) in [4.78, 5) is -0.363. The third kappa shape index (κ3) is 3.55. The fourth-order valence-electron chi connectivity index (χ4n) is 2.64. The van der Waals surface area contributed by atoms with Crippen molar-refractivity contribution >= 4 is 43.6 Å². The highest BCUT2D eigenvalue weighted by Gasteiger charge is 2.25. The fraction of sp³-hybridized carbons (Fsp3) is 0.111. The van der Waals surface area contributed by atoms with E-state index in [9.17, 15) is 13.5 Å². The molecule has 3 rings (SSSR count). The van der Waals surface area contributed by atoms with Crippen LogP contribution in [0.4, 0.5) is 22.7 Å². The fourth-order valence-corrected chi connectivity index (χ4v) is 3.46. The van der Waals surface area contributed by atoms with Crippen LogP contribution in [-0.4, -0.2) is 27.7 Å². The first-order valence-electron chi connectivity index (χ1n) is 8.04. The molecular formula is C18H17N5O4S. The van der Waals surface area contributed by atoms with Crippen molar-refractivity contribution in [1.29, 1.82) is 0 Å². The van der Waals surface area contributed by atoms with Gasteiger partial charge in [0.2, 0.25) is 0 Å². The van der Waals surface area contributed by atoms with Crippen LogP contribution in [0.15, 0.2) is 73.9 Å². The highest BCUT2D eigenvalue weighted by atomic mass is 32.2. The molecule has 144 valence electrons. The largest absolute Gasteiger partial charge is 0.505 e. The van der Waals surface area contributed by atoms with Gasteiger partial charge in [0.05, 0.1) is 23.9 Å². The molecule has 0 bridgehead atoms. The summed E-state index contributed by atoms with van der Waals surface area (Å²) in [5.74, 6) is -0.446. The molecule has 3 N–H and O–H groups in total. The summed E-state index contributed by atoms with van der Waals surface area (Å²) in [6.07, 6.45) is 0. The van der Waals surface area contributed by atoms with Crippen LogP contribution >= 0.6 is 0 Å². The first-order valence-corrected chi connectivity index (χ1v) is 9.45. The van der Waals surface area contributed by atoms with E-state index in [2.05, 4.69) is 24.6 Å². The number of aromatic hydroxyl groups is 1. The predicted molar refractivity (Wildman–Crippen MR) is 105 cm³/mol. The van der Waals surface area contributed by atoms with E-state index in [4.69, 9.17) is 5.73 Å². The van der Waals surface area contributed by atoms with Gasteiger partial charge in [0, 0.05) is 18.1 Å². The summed E-state index contributed by atoms with van der Waals surface area (Å²) in [5, 5.41) is 26.9. The maximum absolute atomic E-state index is 12.5. The standard InChI is InChI=1S/C18H17N5O4S/c1-20-22-14-9-8-13(19)16-12(14)10-15(28(25,26)27-2)17(18(16)24)23-21-11-6-4-3-5-7-11/h3-10,24H,19H2,1-2H3. The second-order valence-electron chi connectivity index (χ2n) is 5.62. The van der Waals surface area contributed by atoms with Gasteiger partial charge in [-0.15, -0.1) is 5.11 Å². The molecule has 28 heavy (non-hydrogen) atoms. The summed E-state index contributed by atoms with van der Waals surface area (Å²) in [6, 6.07) is 13.1. The minimum Gasteiger partial charge on any atom is -0.505 e. The highest BCUT2D eigenvalue weighted by Crippen LogP contribution is 2.46. The maximum Gasteiger partial charge on any atom is 0.299 e. The van der Waals surface area contributed by atoms with Gasteiger partial charge in [0.25, 0.3) is 10.1 Å². The van der Waals surface area contributed by atoms with Crippen molar-refractivity contribution in [2.24, 2.45) is 20.5 Å². The van der Waals surface area contributed by atoms with Crippen molar-refractivity contribution in [3.63, 3.8) is 0 Å². The van der Waals surface area contributed by atoms with E-state index in [1.54, 1.807) is 36.4 Å². The Hall–Kier alpha value is -3.37. The number of benzene rings is 3. The highest BCUT2D eigenvalue weighted by molar-refractivity contribution is 7.87. The molecule has 0 amide bonds. The van der Waals surface area contributed by atoms with Crippen LogP contribution in [-0.2, 0) is 14.3 Å². The molecule has 3 aromatic rings. The molecule has 0 saturated carbocycles. The summed E-state index contributed by atoms with van der Waals surface area (Å²) < 4.78 is 29.6. The zero-order valence-corrected chi connectivity index (χ0v) is 15.9. The van der Waals surface area contributed by atoms with E-state index >= 15 is 0 Å². The molecule has 0 saturated heterocycles. The summed E-state index contributed by atoms with van der Waals surface area (Å²) in [5.41, 5.74) is 6.76. The molecule has 0 fully saturated rings. The minimum absolute atomic E-state index is 0.196. The van der Waals surface area contributed by atoms with Crippen molar-refractivity contribution in [2.45, 2.75) is 4.90 Å². The van der Waals surface area contributed by atoms with Crippen molar-refractivity contribution in [3.05, 3.63) is 48.5 Å². The number of hydrogen-bond acceptors (Lipinski definition) is 9. The van der Waals surface area contributed by atoms with Crippen LogP contribution in [0.25, 0.3) is 10.8 Å². The van der Waals surface area contributed by atoms with E-state index in [0.29, 0.717) is 11.4 Å². The third-order valence-corrected chi connectivity index (χ3v) is 5.23.